The molecule has 0 N–H and O–H groups in total. The van der Waals surface area contributed by atoms with Crippen molar-refractivity contribution in [3.8, 4) is 5.75 Å². The lowest BCUT2D eigenvalue weighted by molar-refractivity contribution is -0.189. The zero-order valence-corrected chi connectivity index (χ0v) is 30.7. The first kappa shape index (κ1) is 35.9. The maximum atomic E-state index is 14.4. The summed E-state index contributed by atoms with van der Waals surface area (Å²) in [7, 11) is 1.58. The van der Waals surface area contributed by atoms with E-state index in [0.717, 1.165) is 43.2 Å². The van der Waals surface area contributed by atoms with Crippen molar-refractivity contribution in [1.29, 1.82) is 0 Å². The van der Waals surface area contributed by atoms with Crippen LogP contribution in [0.25, 0.3) is 11.0 Å². The van der Waals surface area contributed by atoms with E-state index in [1.807, 2.05) is 39.8 Å². The number of methoxy groups -OCH3 is 1. The van der Waals surface area contributed by atoms with Crippen LogP contribution in [0.4, 0.5) is 0 Å². The first-order valence-electron chi connectivity index (χ1n) is 18.2. The van der Waals surface area contributed by atoms with E-state index >= 15 is 0 Å². The lowest BCUT2D eigenvalue weighted by Gasteiger charge is -2.43. The number of ether oxygens (including phenoxy) is 4. The highest BCUT2D eigenvalue weighted by atomic mass is 16.6. The van der Waals surface area contributed by atoms with Gasteiger partial charge in [0.15, 0.2) is 12.2 Å². The van der Waals surface area contributed by atoms with Crippen molar-refractivity contribution in [3.63, 3.8) is 0 Å². The Labute approximate surface area is 295 Å². The molecular formula is C42H52O8. The fraction of sp³-hybridized carbons (Fsp3) is 0.548. The molecule has 268 valence electrons. The van der Waals surface area contributed by atoms with E-state index in [1.54, 1.807) is 13.2 Å². The predicted molar refractivity (Wildman–Crippen MR) is 192 cm³/mol. The molecule has 2 aromatic carbocycles. The fourth-order valence-corrected chi connectivity index (χ4v) is 8.49. The number of carbonyl (C=O) groups is 2. The smallest absolute Gasteiger partial charge is 0.339 e. The highest BCUT2D eigenvalue weighted by Crippen LogP contribution is 2.51. The van der Waals surface area contributed by atoms with Gasteiger partial charge in [-0.3, -0.25) is 4.79 Å². The standard InChI is InChI=1S/C42H52O8/c1-25(2)20-29-16-18-42(23-29)22-28-10-8-27(9-11-28)12-14-32(26(3)4)40(45)49-38-37(47-34(43)24-42)35-33(50-41(38,5)6)15-13-30-21-31(17-19-46-7)39(44)48-36(30)35/h8-11,13,15,21,25,29,37-38H,12,14,16-20,22-24H2,1-7H3/t29-,37+,38-,42+/m0/s1. The Hall–Kier alpha value is -3.91. The van der Waals surface area contributed by atoms with E-state index in [4.69, 9.17) is 23.4 Å². The van der Waals surface area contributed by atoms with Gasteiger partial charge in [-0.05, 0) is 119 Å². The number of esters is 2. The van der Waals surface area contributed by atoms with Gasteiger partial charge in [0.05, 0.1) is 18.6 Å². The van der Waals surface area contributed by atoms with Gasteiger partial charge < -0.3 is 23.4 Å². The van der Waals surface area contributed by atoms with Gasteiger partial charge >= 0.3 is 17.6 Å². The minimum Gasteiger partial charge on any atom is -0.483 e. The number of fused-ring (bicyclic) bond motifs is 11. The van der Waals surface area contributed by atoms with E-state index in [1.165, 1.54) is 5.56 Å². The number of rotatable bonds is 5. The third kappa shape index (κ3) is 7.56. The van der Waals surface area contributed by atoms with E-state index in [9.17, 15) is 14.4 Å². The van der Waals surface area contributed by atoms with Crippen LogP contribution in [0.3, 0.4) is 0 Å². The Balaban J connectivity index is 1.47. The van der Waals surface area contributed by atoms with Gasteiger partial charge in [-0.15, -0.1) is 0 Å². The van der Waals surface area contributed by atoms with Gasteiger partial charge in [-0.25, -0.2) is 9.59 Å². The number of carbonyl (C=O) groups excluding carboxylic acids is 2. The maximum Gasteiger partial charge on any atom is 0.339 e. The van der Waals surface area contributed by atoms with E-state index in [0.29, 0.717) is 65.5 Å². The number of allylic oxidation sites excluding steroid dienone is 1. The van der Waals surface area contributed by atoms with Crippen LogP contribution in [0, 0.1) is 17.3 Å². The van der Waals surface area contributed by atoms with Gasteiger partial charge in [0, 0.05) is 30.1 Å². The lowest BCUT2D eigenvalue weighted by Crippen LogP contribution is -2.52. The molecule has 0 unspecified atom stereocenters. The van der Waals surface area contributed by atoms with Crippen molar-refractivity contribution >= 4 is 22.9 Å². The number of hydrogen-bond acceptors (Lipinski definition) is 8. The third-order valence-electron chi connectivity index (χ3n) is 10.9. The predicted octanol–water partition coefficient (Wildman–Crippen LogP) is 8.40. The van der Waals surface area contributed by atoms with Crippen molar-refractivity contribution in [3.05, 3.63) is 86.3 Å². The minimum absolute atomic E-state index is 0.228. The van der Waals surface area contributed by atoms with Crippen LogP contribution in [-0.2, 0) is 43.1 Å². The molecule has 1 saturated carbocycles. The Kier molecular flexibility index (Phi) is 10.3. The lowest BCUT2D eigenvalue weighted by atomic mass is 9.76. The first-order chi connectivity index (χ1) is 23.8. The van der Waals surface area contributed by atoms with Gasteiger partial charge in [-0.2, -0.15) is 0 Å². The molecule has 50 heavy (non-hydrogen) atoms. The summed E-state index contributed by atoms with van der Waals surface area (Å²) < 4.78 is 30.6. The van der Waals surface area contributed by atoms with Crippen LogP contribution < -0.4 is 10.4 Å². The second-order valence-corrected chi connectivity index (χ2v) is 16.0. The summed E-state index contributed by atoms with van der Waals surface area (Å²) in [6.07, 6.45) is 4.57. The summed E-state index contributed by atoms with van der Waals surface area (Å²) in [5, 5.41) is 0.655. The molecule has 1 aromatic heterocycles. The Morgan fingerprint density at radius 3 is 2.40 bits per heavy atom. The van der Waals surface area contributed by atoms with Crippen molar-refractivity contribution in [2.45, 2.75) is 117 Å². The van der Waals surface area contributed by atoms with Gasteiger partial charge in [0.2, 0.25) is 0 Å². The van der Waals surface area contributed by atoms with Crippen LogP contribution in [-0.4, -0.2) is 37.4 Å². The zero-order valence-electron chi connectivity index (χ0n) is 30.7. The first-order valence-corrected chi connectivity index (χ1v) is 18.2. The monoisotopic (exact) mass is 684 g/mol. The number of aryl methyl sites for hydroxylation is 1. The van der Waals surface area contributed by atoms with Crippen LogP contribution in [0.2, 0.25) is 0 Å². The second-order valence-electron chi connectivity index (χ2n) is 16.0. The SMILES string of the molecule is COCCc1cc2ccc3c(c2oc1=O)[C@H]1OC(=O)C[C@]2(CC[C@@H](CC(C)C)C2)Cc2ccc(cc2)CCC(=C(C)C)C(=O)O[C@@H]1C(C)(C)O3. The Morgan fingerprint density at radius 2 is 1.70 bits per heavy atom. The molecule has 4 aliphatic rings. The molecule has 3 aromatic rings. The summed E-state index contributed by atoms with van der Waals surface area (Å²) in [5.74, 6) is 0.688. The van der Waals surface area contributed by atoms with Gasteiger partial charge in [0.25, 0.3) is 0 Å². The number of benzene rings is 2. The molecule has 8 heteroatoms. The third-order valence-corrected chi connectivity index (χ3v) is 10.9. The van der Waals surface area contributed by atoms with E-state index in [-0.39, 0.29) is 23.4 Å². The molecule has 1 fully saturated rings. The highest BCUT2D eigenvalue weighted by molar-refractivity contribution is 5.90. The molecule has 0 saturated heterocycles. The molecule has 0 radical (unpaired) electrons. The van der Waals surface area contributed by atoms with Crippen LogP contribution in [0.5, 0.6) is 5.75 Å². The van der Waals surface area contributed by atoms with Gasteiger partial charge in [-0.1, -0.05) is 43.7 Å². The normalized spacial score (nSPS) is 25.3. The molecule has 7 rings (SSSR count). The van der Waals surface area contributed by atoms with Crippen LogP contribution in [0.1, 0.15) is 108 Å². The van der Waals surface area contributed by atoms with Crippen molar-refractivity contribution < 1.29 is 33.0 Å². The average Bonchev–Trinajstić information content (AvgIpc) is 3.42. The van der Waals surface area contributed by atoms with Gasteiger partial charge in [0.1, 0.15) is 16.9 Å². The summed E-state index contributed by atoms with van der Waals surface area (Å²) in [4.78, 5) is 41.7. The van der Waals surface area contributed by atoms with Crippen molar-refractivity contribution in [2.24, 2.45) is 17.3 Å². The Morgan fingerprint density at radius 1 is 0.960 bits per heavy atom. The minimum atomic E-state index is -1.08. The summed E-state index contributed by atoms with van der Waals surface area (Å²) in [6.45, 7) is 12.4. The molecule has 3 aliphatic heterocycles. The molecule has 1 aliphatic carbocycles. The summed E-state index contributed by atoms with van der Waals surface area (Å²) in [6, 6.07) is 14.1. The Bertz CT molecular complexity index is 1830. The molecule has 4 heterocycles. The summed E-state index contributed by atoms with van der Waals surface area (Å²) in [5.41, 5.74) is 3.06. The fourth-order valence-electron chi connectivity index (χ4n) is 8.49. The molecule has 2 bridgehead atoms. The molecular weight excluding hydrogens is 632 g/mol. The highest BCUT2D eigenvalue weighted by Gasteiger charge is 2.51. The topological polar surface area (TPSA) is 101 Å². The largest absolute Gasteiger partial charge is 0.483 e. The van der Waals surface area contributed by atoms with E-state index in [2.05, 4.69) is 38.1 Å². The summed E-state index contributed by atoms with van der Waals surface area (Å²) >= 11 is 0. The van der Waals surface area contributed by atoms with Crippen LogP contribution >= 0.6 is 0 Å². The molecule has 1 spiro atoms. The van der Waals surface area contributed by atoms with Crippen molar-refractivity contribution in [1.82, 2.24) is 0 Å². The van der Waals surface area contributed by atoms with Crippen molar-refractivity contribution in [2.75, 3.05) is 13.7 Å². The zero-order chi connectivity index (χ0) is 35.8. The second kappa shape index (κ2) is 14.4. The van der Waals surface area contributed by atoms with E-state index < -0.39 is 29.4 Å². The quantitative estimate of drug-likeness (QED) is 0.150. The average molecular weight is 685 g/mol. The molecule has 4 atom stereocenters. The maximum absolute atomic E-state index is 14.4. The molecule has 8 nitrogen and oxygen atoms in total. The molecule has 0 amide bonds. The number of hydrogen-bond donors (Lipinski definition) is 0. The van der Waals surface area contributed by atoms with Crippen LogP contribution in [0.15, 0.2) is 62.8 Å².